The Morgan fingerprint density at radius 3 is 2.05 bits per heavy atom. The largest absolute Gasteiger partial charge is 0.457 e. The summed E-state index contributed by atoms with van der Waals surface area (Å²) >= 11 is 0. The van der Waals surface area contributed by atoms with Crippen molar-refractivity contribution in [3.05, 3.63) is 52.6 Å². The van der Waals surface area contributed by atoms with E-state index >= 15 is 0 Å². The van der Waals surface area contributed by atoms with Gasteiger partial charge in [0.25, 0.3) is 0 Å². The summed E-state index contributed by atoms with van der Waals surface area (Å²) in [5, 5.41) is 17.9. The Hall–Kier alpha value is -2.98. The molecule has 0 heterocycles. The van der Waals surface area contributed by atoms with Gasteiger partial charge < -0.3 is 10.5 Å². The summed E-state index contributed by atoms with van der Waals surface area (Å²) in [5.74, 6) is 1.17. The maximum Gasteiger partial charge on any atom is 0.128 e. The molecule has 2 aromatic rings. The number of rotatable bonds is 2. The van der Waals surface area contributed by atoms with Crippen molar-refractivity contribution in [2.24, 2.45) is 0 Å². The van der Waals surface area contributed by atoms with Crippen LogP contribution in [-0.2, 0) is 0 Å². The number of hydrogen-bond acceptors (Lipinski definition) is 4. The first-order chi connectivity index (χ1) is 9.55. The van der Waals surface area contributed by atoms with Crippen LogP contribution in [0.2, 0.25) is 0 Å². The quantitative estimate of drug-likeness (QED) is 0.841. The first kappa shape index (κ1) is 13.5. The molecule has 0 saturated heterocycles. The minimum Gasteiger partial charge on any atom is -0.457 e. The summed E-state index contributed by atoms with van der Waals surface area (Å²) in [6.07, 6.45) is 0. The SMILES string of the molecule is Cc1cc(Oc2ccc(C#N)c(C#N)c2)cc(C)c1N. The van der Waals surface area contributed by atoms with Crippen molar-refractivity contribution in [1.82, 2.24) is 0 Å². The lowest BCUT2D eigenvalue weighted by Crippen LogP contribution is -1.95. The van der Waals surface area contributed by atoms with Crippen molar-refractivity contribution in [2.75, 3.05) is 5.73 Å². The van der Waals surface area contributed by atoms with E-state index in [0.717, 1.165) is 16.8 Å². The molecule has 0 aliphatic heterocycles. The Morgan fingerprint density at radius 1 is 0.900 bits per heavy atom. The van der Waals surface area contributed by atoms with Crippen molar-refractivity contribution >= 4 is 5.69 Å². The van der Waals surface area contributed by atoms with Gasteiger partial charge in [-0.3, -0.25) is 0 Å². The third-order valence-electron chi connectivity index (χ3n) is 3.03. The summed E-state index contributed by atoms with van der Waals surface area (Å²) < 4.78 is 5.72. The molecular formula is C16H13N3O. The molecule has 4 nitrogen and oxygen atoms in total. The lowest BCUT2D eigenvalue weighted by Gasteiger charge is -2.10. The molecule has 0 bridgehead atoms. The summed E-state index contributed by atoms with van der Waals surface area (Å²) in [6, 6.07) is 12.4. The molecule has 2 N–H and O–H groups in total. The predicted octanol–water partition coefficient (Wildman–Crippen LogP) is 3.42. The van der Waals surface area contributed by atoms with E-state index in [0.29, 0.717) is 22.6 Å². The van der Waals surface area contributed by atoms with Crippen LogP contribution in [-0.4, -0.2) is 0 Å². The molecule has 2 rings (SSSR count). The van der Waals surface area contributed by atoms with E-state index in [2.05, 4.69) is 0 Å². The molecule has 0 atom stereocenters. The number of nitriles is 2. The smallest absolute Gasteiger partial charge is 0.128 e. The maximum atomic E-state index is 8.99. The first-order valence-electron chi connectivity index (χ1n) is 6.04. The Balaban J connectivity index is 2.36. The molecule has 0 aliphatic carbocycles. The molecule has 0 aromatic heterocycles. The average molecular weight is 263 g/mol. The Kier molecular flexibility index (Phi) is 3.59. The van der Waals surface area contributed by atoms with E-state index in [1.54, 1.807) is 18.2 Å². The summed E-state index contributed by atoms with van der Waals surface area (Å²) in [4.78, 5) is 0. The second-order valence-corrected chi connectivity index (χ2v) is 4.50. The minimum absolute atomic E-state index is 0.300. The van der Waals surface area contributed by atoms with E-state index in [1.165, 1.54) is 0 Å². The van der Waals surface area contributed by atoms with Gasteiger partial charge in [-0.1, -0.05) is 0 Å². The number of benzene rings is 2. The van der Waals surface area contributed by atoms with Crippen LogP contribution in [0.25, 0.3) is 0 Å². The van der Waals surface area contributed by atoms with E-state index < -0.39 is 0 Å². The van der Waals surface area contributed by atoms with Crippen LogP contribution in [0.4, 0.5) is 5.69 Å². The lowest BCUT2D eigenvalue weighted by atomic mass is 10.1. The van der Waals surface area contributed by atoms with Crippen molar-refractivity contribution in [1.29, 1.82) is 10.5 Å². The first-order valence-corrected chi connectivity index (χ1v) is 6.04. The van der Waals surface area contributed by atoms with E-state index in [1.807, 2.05) is 38.1 Å². The van der Waals surface area contributed by atoms with Gasteiger partial charge in [-0.2, -0.15) is 10.5 Å². The number of nitrogens with zero attached hydrogens (tertiary/aromatic N) is 2. The van der Waals surface area contributed by atoms with Crippen molar-refractivity contribution in [3.63, 3.8) is 0 Å². The molecule has 20 heavy (non-hydrogen) atoms. The van der Waals surface area contributed by atoms with Gasteiger partial charge in [0.2, 0.25) is 0 Å². The maximum absolute atomic E-state index is 8.99. The Bertz CT molecular complexity index is 728. The number of nitrogens with two attached hydrogens (primary N) is 1. The van der Waals surface area contributed by atoms with Gasteiger partial charge in [-0.05, 0) is 55.3 Å². The third kappa shape index (κ3) is 2.55. The zero-order valence-electron chi connectivity index (χ0n) is 11.3. The van der Waals surface area contributed by atoms with Crippen LogP contribution in [0.3, 0.4) is 0 Å². The summed E-state index contributed by atoms with van der Waals surface area (Å²) in [5.41, 5.74) is 9.15. The van der Waals surface area contributed by atoms with E-state index in [4.69, 9.17) is 21.0 Å². The molecule has 0 fully saturated rings. The second kappa shape index (κ2) is 5.34. The minimum atomic E-state index is 0.300. The summed E-state index contributed by atoms with van der Waals surface area (Å²) in [6.45, 7) is 3.82. The number of nitrogen functional groups attached to an aromatic ring is 1. The number of hydrogen-bond donors (Lipinski definition) is 1. The highest BCUT2D eigenvalue weighted by Gasteiger charge is 2.07. The molecule has 0 spiro atoms. The van der Waals surface area contributed by atoms with E-state index in [9.17, 15) is 0 Å². The topological polar surface area (TPSA) is 82.8 Å². The van der Waals surface area contributed by atoms with E-state index in [-0.39, 0.29) is 0 Å². The van der Waals surface area contributed by atoms with Crippen LogP contribution < -0.4 is 10.5 Å². The van der Waals surface area contributed by atoms with Crippen LogP contribution in [0.15, 0.2) is 30.3 Å². The Morgan fingerprint density at radius 2 is 1.50 bits per heavy atom. The zero-order chi connectivity index (χ0) is 14.7. The van der Waals surface area contributed by atoms with Gasteiger partial charge in [0, 0.05) is 5.69 Å². The van der Waals surface area contributed by atoms with Gasteiger partial charge >= 0.3 is 0 Å². The highest BCUT2D eigenvalue weighted by atomic mass is 16.5. The monoisotopic (exact) mass is 263 g/mol. The molecule has 4 heteroatoms. The Labute approximate surface area is 117 Å². The molecule has 0 unspecified atom stereocenters. The van der Waals surface area contributed by atoms with Crippen LogP contribution >= 0.6 is 0 Å². The number of anilines is 1. The standard InChI is InChI=1S/C16H13N3O/c1-10-5-15(6-11(2)16(10)19)20-14-4-3-12(8-17)13(7-14)9-18/h3-7H,19H2,1-2H3. The van der Waals surface area contributed by atoms with Crippen LogP contribution in [0.5, 0.6) is 11.5 Å². The third-order valence-corrected chi connectivity index (χ3v) is 3.03. The van der Waals surface area contributed by atoms with Crippen LogP contribution in [0, 0.1) is 36.5 Å². The van der Waals surface area contributed by atoms with Crippen molar-refractivity contribution < 1.29 is 4.74 Å². The number of aryl methyl sites for hydroxylation is 2. The predicted molar refractivity (Wildman–Crippen MR) is 76.3 cm³/mol. The molecule has 0 aliphatic rings. The molecule has 0 saturated carbocycles. The van der Waals surface area contributed by atoms with Gasteiger partial charge in [-0.25, -0.2) is 0 Å². The molecular weight excluding hydrogens is 250 g/mol. The highest BCUT2D eigenvalue weighted by molar-refractivity contribution is 5.57. The molecule has 2 aromatic carbocycles. The van der Waals surface area contributed by atoms with Crippen molar-refractivity contribution in [3.8, 4) is 23.6 Å². The second-order valence-electron chi connectivity index (χ2n) is 4.50. The summed E-state index contributed by atoms with van der Waals surface area (Å²) in [7, 11) is 0. The average Bonchev–Trinajstić information content (AvgIpc) is 2.44. The molecule has 0 radical (unpaired) electrons. The highest BCUT2D eigenvalue weighted by Crippen LogP contribution is 2.28. The van der Waals surface area contributed by atoms with Gasteiger partial charge in [-0.15, -0.1) is 0 Å². The normalized spacial score (nSPS) is 9.60. The van der Waals surface area contributed by atoms with Crippen molar-refractivity contribution in [2.45, 2.75) is 13.8 Å². The van der Waals surface area contributed by atoms with Crippen LogP contribution in [0.1, 0.15) is 22.3 Å². The fourth-order valence-electron chi connectivity index (χ4n) is 1.91. The van der Waals surface area contributed by atoms with Gasteiger partial charge in [0.1, 0.15) is 23.6 Å². The lowest BCUT2D eigenvalue weighted by molar-refractivity contribution is 0.482. The fraction of sp³-hybridized carbons (Fsp3) is 0.125. The molecule has 98 valence electrons. The number of ether oxygens (including phenoxy) is 1. The van der Waals surface area contributed by atoms with Gasteiger partial charge in [0.05, 0.1) is 11.1 Å². The molecule has 0 amide bonds. The zero-order valence-corrected chi connectivity index (χ0v) is 11.3. The van der Waals surface area contributed by atoms with Gasteiger partial charge in [0.15, 0.2) is 0 Å². The fourth-order valence-corrected chi connectivity index (χ4v) is 1.91.